The Hall–Kier alpha value is -0.570. The first-order chi connectivity index (χ1) is 5.13. The lowest BCUT2D eigenvalue weighted by atomic mass is 10.1. The van der Waals surface area contributed by atoms with E-state index in [0.717, 1.165) is 19.3 Å². The molecule has 1 rings (SSSR count). The Morgan fingerprint density at radius 1 is 1.45 bits per heavy atom. The number of carbonyl (C=O) groups excluding carboxylic acids is 1. The number of nitrogens with zero attached hydrogens (tertiary/aromatic N) is 1. The monoisotopic (exact) mass is 157 g/mol. The van der Waals surface area contributed by atoms with Gasteiger partial charge in [-0.2, -0.15) is 0 Å². The number of hydrogen-bond acceptors (Lipinski definition) is 2. The van der Waals surface area contributed by atoms with Gasteiger partial charge in [-0.1, -0.05) is 0 Å². The summed E-state index contributed by atoms with van der Waals surface area (Å²) in [6.45, 7) is 0. The fourth-order valence-corrected chi connectivity index (χ4v) is 1.56. The van der Waals surface area contributed by atoms with E-state index in [1.807, 2.05) is 0 Å². The van der Waals surface area contributed by atoms with Crippen molar-refractivity contribution in [1.29, 1.82) is 0 Å². The maximum Gasteiger partial charge on any atom is 0.227 e. The molecule has 64 valence electrons. The average Bonchev–Trinajstić information content (AvgIpc) is 2.33. The van der Waals surface area contributed by atoms with Crippen molar-refractivity contribution in [2.24, 2.45) is 5.92 Å². The molecular weight excluding hydrogens is 142 g/mol. The zero-order valence-electron chi connectivity index (χ0n) is 7.08. The topological polar surface area (TPSA) is 40.5 Å². The maximum atomic E-state index is 11.3. The van der Waals surface area contributed by atoms with Crippen LogP contribution in [0.4, 0.5) is 0 Å². The Labute approximate surface area is 67.0 Å². The third-order valence-electron chi connectivity index (χ3n) is 2.24. The molecule has 0 radical (unpaired) electrons. The SMILES string of the molecule is CN(C)C(=O)[C@@H]1CCC[C@@H]1O. The fourth-order valence-electron chi connectivity index (χ4n) is 1.56. The second-order valence-electron chi connectivity index (χ2n) is 3.34. The van der Waals surface area contributed by atoms with Gasteiger partial charge in [0.2, 0.25) is 5.91 Å². The van der Waals surface area contributed by atoms with Crippen molar-refractivity contribution in [3.8, 4) is 0 Å². The van der Waals surface area contributed by atoms with Crippen LogP contribution < -0.4 is 0 Å². The largest absolute Gasteiger partial charge is 0.392 e. The maximum absolute atomic E-state index is 11.3. The molecule has 1 amide bonds. The van der Waals surface area contributed by atoms with Gasteiger partial charge in [0.05, 0.1) is 12.0 Å². The Morgan fingerprint density at radius 2 is 2.09 bits per heavy atom. The van der Waals surface area contributed by atoms with Crippen LogP contribution in [-0.2, 0) is 4.79 Å². The molecule has 0 unspecified atom stereocenters. The van der Waals surface area contributed by atoms with Crippen molar-refractivity contribution in [3.63, 3.8) is 0 Å². The first kappa shape index (κ1) is 8.53. The van der Waals surface area contributed by atoms with Gasteiger partial charge in [0, 0.05) is 14.1 Å². The molecule has 0 spiro atoms. The van der Waals surface area contributed by atoms with E-state index in [0.29, 0.717) is 0 Å². The lowest BCUT2D eigenvalue weighted by Crippen LogP contribution is -2.33. The summed E-state index contributed by atoms with van der Waals surface area (Å²) in [6, 6.07) is 0. The molecular formula is C8H15NO2. The highest BCUT2D eigenvalue weighted by Gasteiger charge is 2.32. The quantitative estimate of drug-likeness (QED) is 0.592. The summed E-state index contributed by atoms with van der Waals surface area (Å²) in [4.78, 5) is 12.9. The number of hydrogen-bond donors (Lipinski definition) is 1. The fraction of sp³-hybridized carbons (Fsp3) is 0.875. The average molecular weight is 157 g/mol. The molecule has 0 aliphatic heterocycles. The van der Waals surface area contributed by atoms with Gasteiger partial charge in [-0.3, -0.25) is 4.79 Å². The van der Waals surface area contributed by atoms with Gasteiger partial charge in [-0.15, -0.1) is 0 Å². The molecule has 3 heteroatoms. The van der Waals surface area contributed by atoms with Gasteiger partial charge in [0.1, 0.15) is 0 Å². The van der Waals surface area contributed by atoms with Crippen molar-refractivity contribution in [2.75, 3.05) is 14.1 Å². The summed E-state index contributed by atoms with van der Waals surface area (Å²) in [5.74, 6) is -0.0694. The van der Waals surface area contributed by atoms with Crippen LogP contribution in [0.15, 0.2) is 0 Å². The zero-order chi connectivity index (χ0) is 8.43. The number of aliphatic hydroxyl groups is 1. The summed E-state index contributed by atoms with van der Waals surface area (Å²) < 4.78 is 0. The van der Waals surface area contributed by atoms with E-state index in [-0.39, 0.29) is 11.8 Å². The molecule has 3 nitrogen and oxygen atoms in total. The molecule has 0 heterocycles. The number of carbonyl (C=O) groups is 1. The van der Waals surface area contributed by atoms with Crippen molar-refractivity contribution < 1.29 is 9.90 Å². The van der Waals surface area contributed by atoms with Gasteiger partial charge in [-0.25, -0.2) is 0 Å². The van der Waals surface area contributed by atoms with Crippen LogP contribution in [0, 0.1) is 5.92 Å². The molecule has 2 atom stereocenters. The number of rotatable bonds is 1. The summed E-state index contributed by atoms with van der Waals surface area (Å²) in [7, 11) is 3.46. The molecule has 0 saturated heterocycles. The van der Waals surface area contributed by atoms with E-state index >= 15 is 0 Å². The molecule has 1 saturated carbocycles. The molecule has 1 aliphatic rings. The Bertz CT molecular complexity index is 156. The van der Waals surface area contributed by atoms with Crippen molar-refractivity contribution in [1.82, 2.24) is 4.90 Å². The Balaban J connectivity index is 2.53. The summed E-state index contributed by atoms with van der Waals surface area (Å²) in [5, 5.41) is 9.36. The van der Waals surface area contributed by atoms with Crippen molar-refractivity contribution in [3.05, 3.63) is 0 Å². The third-order valence-corrected chi connectivity index (χ3v) is 2.24. The van der Waals surface area contributed by atoms with Gasteiger partial charge in [-0.05, 0) is 19.3 Å². The summed E-state index contributed by atoms with van der Waals surface area (Å²) in [5.41, 5.74) is 0. The number of aliphatic hydroxyl groups excluding tert-OH is 1. The standard InChI is InChI=1S/C8H15NO2/c1-9(2)8(11)6-4-3-5-7(6)10/h6-7,10H,3-5H2,1-2H3/t6-,7+/m1/s1. The molecule has 0 aromatic heterocycles. The predicted molar refractivity (Wildman–Crippen MR) is 42.0 cm³/mol. The minimum absolute atomic E-state index is 0.0648. The second-order valence-corrected chi connectivity index (χ2v) is 3.34. The van der Waals surface area contributed by atoms with E-state index in [4.69, 9.17) is 0 Å². The Kier molecular flexibility index (Phi) is 2.49. The summed E-state index contributed by atoms with van der Waals surface area (Å²) in [6.07, 6.45) is 2.21. The lowest BCUT2D eigenvalue weighted by molar-refractivity contribution is -0.135. The molecule has 11 heavy (non-hydrogen) atoms. The second kappa shape index (κ2) is 3.22. The van der Waals surface area contributed by atoms with Crippen LogP contribution in [0.25, 0.3) is 0 Å². The highest BCUT2D eigenvalue weighted by molar-refractivity contribution is 5.79. The summed E-state index contributed by atoms with van der Waals surface area (Å²) >= 11 is 0. The zero-order valence-corrected chi connectivity index (χ0v) is 7.08. The van der Waals surface area contributed by atoms with Crippen LogP contribution in [0.2, 0.25) is 0 Å². The minimum atomic E-state index is -0.398. The van der Waals surface area contributed by atoms with E-state index in [9.17, 15) is 9.90 Å². The van der Waals surface area contributed by atoms with E-state index in [1.54, 1.807) is 19.0 Å². The van der Waals surface area contributed by atoms with E-state index < -0.39 is 6.10 Å². The third kappa shape index (κ3) is 1.71. The van der Waals surface area contributed by atoms with E-state index in [1.165, 1.54) is 0 Å². The highest BCUT2D eigenvalue weighted by atomic mass is 16.3. The van der Waals surface area contributed by atoms with Gasteiger partial charge in [0.25, 0.3) is 0 Å². The van der Waals surface area contributed by atoms with Crippen molar-refractivity contribution in [2.45, 2.75) is 25.4 Å². The number of amides is 1. The first-order valence-electron chi connectivity index (χ1n) is 4.02. The van der Waals surface area contributed by atoms with Crippen LogP contribution in [0.1, 0.15) is 19.3 Å². The highest BCUT2D eigenvalue weighted by Crippen LogP contribution is 2.26. The molecule has 1 fully saturated rings. The first-order valence-corrected chi connectivity index (χ1v) is 4.02. The van der Waals surface area contributed by atoms with Gasteiger partial charge < -0.3 is 10.0 Å². The van der Waals surface area contributed by atoms with Gasteiger partial charge in [0.15, 0.2) is 0 Å². The lowest BCUT2D eigenvalue weighted by Gasteiger charge is -2.18. The molecule has 1 N–H and O–H groups in total. The Morgan fingerprint density at radius 3 is 2.45 bits per heavy atom. The van der Waals surface area contributed by atoms with Crippen LogP contribution in [0.5, 0.6) is 0 Å². The van der Waals surface area contributed by atoms with Crippen LogP contribution in [0.3, 0.4) is 0 Å². The minimum Gasteiger partial charge on any atom is -0.392 e. The predicted octanol–water partition coefficient (Wildman–Crippen LogP) is 0.236. The van der Waals surface area contributed by atoms with E-state index in [2.05, 4.69) is 0 Å². The smallest absolute Gasteiger partial charge is 0.227 e. The normalized spacial score (nSPS) is 30.5. The molecule has 0 aromatic rings. The molecule has 0 bridgehead atoms. The molecule has 0 aromatic carbocycles. The van der Waals surface area contributed by atoms with Crippen LogP contribution in [-0.4, -0.2) is 36.1 Å². The molecule has 1 aliphatic carbocycles. The van der Waals surface area contributed by atoms with Crippen molar-refractivity contribution >= 4 is 5.91 Å². The van der Waals surface area contributed by atoms with Crippen LogP contribution >= 0.6 is 0 Å². The van der Waals surface area contributed by atoms with Gasteiger partial charge >= 0.3 is 0 Å².